The first-order valence-corrected chi connectivity index (χ1v) is 9.69. The van der Waals surface area contributed by atoms with Gasteiger partial charge in [0.15, 0.2) is 0 Å². The van der Waals surface area contributed by atoms with Crippen molar-refractivity contribution < 1.29 is 8.42 Å². The molecule has 2 heterocycles. The van der Waals surface area contributed by atoms with E-state index in [9.17, 15) is 8.42 Å². The quantitative estimate of drug-likeness (QED) is 0.787. The van der Waals surface area contributed by atoms with E-state index in [4.69, 9.17) is 0 Å². The number of sulfonamides is 1. The summed E-state index contributed by atoms with van der Waals surface area (Å²) in [6, 6.07) is 1.73. The summed E-state index contributed by atoms with van der Waals surface area (Å²) in [5, 5.41) is 0. The molecule has 0 spiro atoms. The van der Waals surface area contributed by atoms with E-state index >= 15 is 0 Å². The lowest BCUT2D eigenvalue weighted by Crippen LogP contribution is -2.25. The number of thiophene rings is 1. The molecular formula is C15H23N3O2S2. The minimum atomic E-state index is -3.40. The van der Waals surface area contributed by atoms with Crippen molar-refractivity contribution in [3.8, 4) is 0 Å². The summed E-state index contributed by atoms with van der Waals surface area (Å²) < 4.78 is 29.3. The predicted octanol–water partition coefficient (Wildman–Crippen LogP) is 3.05. The highest BCUT2D eigenvalue weighted by molar-refractivity contribution is 7.89. The molecule has 0 aromatic carbocycles. The Kier molecular flexibility index (Phi) is 5.41. The van der Waals surface area contributed by atoms with Crippen molar-refractivity contribution in [2.75, 3.05) is 6.54 Å². The fourth-order valence-electron chi connectivity index (χ4n) is 2.42. The lowest BCUT2D eigenvalue weighted by Gasteiger charge is -2.11. The highest BCUT2D eigenvalue weighted by Gasteiger charge is 2.18. The molecule has 7 heteroatoms. The van der Waals surface area contributed by atoms with Gasteiger partial charge in [-0.2, -0.15) is 0 Å². The van der Waals surface area contributed by atoms with Gasteiger partial charge in [-0.1, -0.05) is 13.8 Å². The molecule has 0 fully saturated rings. The third-order valence-corrected chi connectivity index (χ3v) is 6.10. The van der Waals surface area contributed by atoms with Crippen LogP contribution < -0.4 is 4.72 Å². The van der Waals surface area contributed by atoms with E-state index in [1.165, 1.54) is 11.3 Å². The number of hydrogen-bond donors (Lipinski definition) is 1. The van der Waals surface area contributed by atoms with Crippen molar-refractivity contribution in [1.29, 1.82) is 0 Å². The predicted molar refractivity (Wildman–Crippen MR) is 89.9 cm³/mol. The van der Waals surface area contributed by atoms with Gasteiger partial charge in [0.05, 0.1) is 4.90 Å². The smallest absolute Gasteiger partial charge is 0.241 e. The second kappa shape index (κ2) is 6.93. The molecule has 0 aliphatic rings. The van der Waals surface area contributed by atoms with Gasteiger partial charge >= 0.3 is 0 Å². The molecule has 5 nitrogen and oxygen atoms in total. The van der Waals surface area contributed by atoms with E-state index in [0.29, 0.717) is 17.4 Å². The number of aromatic nitrogens is 2. The van der Waals surface area contributed by atoms with E-state index in [1.54, 1.807) is 12.3 Å². The van der Waals surface area contributed by atoms with Gasteiger partial charge in [-0.25, -0.2) is 18.1 Å². The minimum absolute atomic E-state index is 0.364. The van der Waals surface area contributed by atoms with Gasteiger partial charge in [-0.15, -0.1) is 11.3 Å². The van der Waals surface area contributed by atoms with Gasteiger partial charge in [-0.3, -0.25) is 0 Å². The Morgan fingerprint density at radius 3 is 2.68 bits per heavy atom. The first kappa shape index (κ1) is 17.2. The van der Waals surface area contributed by atoms with Crippen molar-refractivity contribution in [1.82, 2.24) is 14.3 Å². The number of rotatable bonds is 7. The molecule has 2 rings (SSSR count). The minimum Gasteiger partial charge on any atom is -0.335 e. The molecule has 2 aromatic rings. The standard InChI is InChI=1S/C15H23N3O2S2/c1-11(2)15-16-7-9-18(15)8-5-6-17-22(19,20)14-10-12(3)21-13(14)4/h7,9-11,17H,5-6,8H2,1-4H3. The zero-order valence-corrected chi connectivity index (χ0v) is 15.1. The van der Waals surface area contributed by atoms with Crippen LogP contribution in [0.25, 0.3) is 0 Å². The summed E-state index contributed by atoms with van der Waals surface area (Å²) in [6.07, 6.45) is 4.46. The van der Waals surface area contributed by atoms with Crippen LogP contribution in [0.15, 0.2) is 23.4 Å². The number of nitrogens with zero attached hydrogens (tertiary/aromatic N) is 2. The Morgan fingerprint density at radius 2 is 2.09 bits per heavy atom. The van der Waals surface area contributed by atoms with Crippen molar-refractivity contribution in [3.63, 3.8) is 0 Å². The third-order valence-electron chi connectivity index (χ3n) is 3.42. The largest absolute Gasteiger partial charge is 0.335 e. The normalized spacial score (nSPS) is 12.2. The second-order valence-corrected chi connectivity index (χ2v) is 8.86. The highest BCUT2D eigenvalue weighted by Crippen LogP contribution is 2.24. The molecule has 0 saturated carbocycles. The zero-order chi connectivity index (χ0) is 16.3. The second-order valence-electron chi connectivity index (χ2n) is 5.66. The van der Waals surface area contributed by atoms with Gasteiger partial charge in [0, 0.05) is 41.2 Å². The summed E-state index contributed by atoms with van der Waals surface area (Å²) in [6.45, 7) is 9.15. The van der Waals surface area contributed by atoms with E-state index in [2.05, 4.69) is 28.1 Å². The maximum absolute atomic E-state index is 12.3. The molecule has 0 unspecified atom stereocenters. The summed E-state index contributed by atoms with van der Waals surface area (Å²) in [5.41, 5.74) is 0. The van der Waals surface area contributed by atoms with Crippen LogP contribution in [0.2, 0.25) is 0 Å². The van der Waals surface area contributed by atoms with Gasteiger partial charge < -0.3 is 4.57 Å². The topological polar surface area (TPSA) is 64.0 Å². The van der Waals surface area contributed by atoms with Gasteiger partial charge in [0.1, 0.15) is 5.82 Å². The van der Waals surface area contributed by atoms with Crippen LogP contribution in [0, 0.1) is 13.8 Å². The van der Waals surface area contributed by atoms with Crippen molar-refractivity contribution in [2.24, 2.45) is 0 Å². The van der Waals surface area contributed by atoms with Gasteiger partial charge in [0.2, 0.25) is 10.0 Å². The van der Waals surface area contributed by atoms with Crippen LogP contribution in [-0.4, -0.2) is 24.5 Å². The van der Waals surface area contributed by atoms with E-state index in [1.807, 2.05) is 20.0 Å². The Labute approximate surface area is 136 Å². The van der Waals surface area contributed by atoms with Gasteiger partial charge in [-0.05, 0) is 26.3 Å². The lowest BCUT2D eigenvalue weighted by molar-refractivity contribution is 0.559. The fraction of sp³-hybridized carbons (Fsp3) is 0.533. The Hall–Kier alpha value is -1.18. The molecule has 122 valence electrons. The highest BCUT2D eigenvalue weighted by atomic mass is 32.2. The zero-order valence-electron chi connectivity index (χ0n) is 13.5. The molecule has 0 aliphatic carbocycles. The van der Waals surface area contributed by atoms with Crippen molar-refractivity contribution in [2.45, 2.75) is 51.5 Å². The van der Waals surface area contributed by atoms with Crippen LogP contribution in [0.4, 0.5) is 0 Å². The molecule has 0 radical (unpaired) electrons. The average Bonchev–Trinajstić information content (AvgIpc) is 3.01. The summed E-state index contributed by atoms with van der Waals surface area (Å²) >= 11 is 1.51. The van der Waals surface area contributed by atoms with Crippen molar-refractivity contribution in [3.05, 3.63) is 34.0 Å². The molecule has 0 aliphatic heterocycles. The van der Waals surface area contributed by atoms with Crippen LogP contribution in [0.5, 0.6) is 0 Å². The molecule has 22 heavy (non-hydrogen) atoms. The first-order valence-electron chi connectivity index (χ1n) is 7.39. The molecule has 0 atom stereocenters. The SMILES string of the molecule is Cc1cc(S(=O)(=O)NCCCn2ccnc2C(C)C)c(C)s1. The number of nitrogens with one attached hydrogen (secondary N) is 1. The Morgan fingerprint density at radius 1 is 1.36 bits per heavy atom. The number of hydrogen-bond acceptors (Lipinski definition) is 4. The Bertz CT molecular complexity index is 730. The monoisotopic (exact) mass is 341 g/mol. The van der Waals surface area contributed by atoms with E-state index < -0.39 is 10.0 Å². The number of aryl methyl sites for hydroxylation is 3. The molecule has 0 saturated heterocycles. The van der Waals surface area contributed by atoms with Crippen molar-refractivity contribution >= 4 is 21.4 Å². The van der Waals surface area contributed by atoms with Crippen LogP contribution in [0.3, 0.4) is 0 Å². The molecular weight excluding hydrogens is 318 g/mol. The summed E-state index contributed by atoms with van der Waals surface area (Å²) in [5.74, 6) is 1.40. The summed E-state index contributed by atoms with van der Waals surface area (Å²) in [7, 11) is -3.40. The molecule has 0 amide bonds. The van der Waals surface area contributed by atoms with E-state index in [-0.39, 0.29) is 0 Å². The third kappa shape index (κ3) is 3.97. The molecule has 2 aromatic heterocycles. The molecule has 0 bridgehead atoms. The van der Waals surface area contributed by atoms with Crippen LogP contribution in [0.1, 0.15) is 41.8 Å². The maximum atomic E-state index is 12.3. The maximum Gasteiger partial charge on any atom is 0.241 e. The van der Waals surface area contributed by atoms with E-state index in [0.717, 1.165) is 28.5 Å². The lowest BCUT2D eigenvalue weighted by atomic mass is 10.2. The van der Waals surface area contributed by atoms with Crippen LogP contribution >= 0.6 is 11.3 Å². The fourth-order valence-corrected chi connectivity index (χ4v) is 5.05. The first-order chi connectivity index (χ1) is 10.3. The summed E-state index contributed by atoms with van der Waals surface area (Å²) in [4.78, 5) is 6.58. The van der Waals surface area contributed by atoms with Gasteiger partial charge in [0.25, 0.3) is 0 Å². The average molecular weight is 342 g/mol. The van der Waals surface area contributed by atoms with Crippen LogP contribution in [-0.2, 0) is 16.6 Å². The molecule has 1 N–H and O–H groups in total. The Balaban J connectivity index is 1.91. The number of imidazole rings is 1.